The summed E-state index contributed by atoms with van der Waals surface area (Å²) in [5, 5.41) is 2.82. The van der Waals surface area contributed by atoms with Crippen LogP contribution in [0.5, 0.6) is 0 Å². The lowest BCUT2D eigenvalue weighted by Crippen LogP contribution is -2.22. The van der Waals surface area contributed by atoms with Gasteiger partial charge in [-0.05, 0) is 49.0 Å². The molecule has 3 aromatic rings. The molecule has 0 unspecified atom stereocenters. The summed E-state index contributed by atoms with van der Waals surface area (Å²) in [4.78, 5) is 2.03. The smallest absolute Gasteiger partial charge is 0.264 e. The van der Waals surface area contributed by atoms with Crippen molar-refractivity contribution in [2.75, 3.05) is 13.1 Å². The maximum atomic E-state index is 5.85. The summed E-state index contributed by atoms with van der Waals surface area (Å²) < 4.78 is 11.5. The van der Waals surface area contributed by atoms with E-state index in [2.05, 4.69) is 19.1 Å². The van der Waals surface area contributed by atoms with E-state index in [-0.39, 0.29) is 0 Å². The molecule has 1 fully saturated rings. The van der Waals surface area contributed by atoms with Gasteiger partial charge in [0.1, 0.15) is 16.9 Å². The number of rotatable bonds is 2. The van der Waals surface area contributed by atoms with Gasteiger partial charge in [0.05, 0.1) is 6.54 Å². The first-order valence-electron chi connectivity index (χ1n) is 7.33. The van der Waals surface area contributed by atoms with E-state index in [9.17, 15) is 0 Å². The molecule has 1 aliphatic rings. The average Bonchev–Trinajstić information content (AvgIpc) is 3.07. The van der Waals surface area contributed by atoms with Gasteiger partial charge in [0.2, 0.25) is 0 Å². The third-order valence-corrected chi connectivity index (χ3v) is 4.27. The van der Waals surface area contributed by atoms with Crippen LogP contribution >= 0.6 is 12.2 Å². The van der Waals surface area contributed by atoms with Gasteiger partial charge in [0.25, 0.3) is 5.17 Å². The first kappa shape index (κ1) is 13.3. The molecule has 110 valence electrons. The van der Waals surface area contributed by atoms with Crippen LogP contribution in [-0.4, -0.2) is 23.2 Å². The van der Waals surface area contributed by atoms with E-state index in [1.54, 1.807) is 0 Å². The molecular weight excluding hydrogens is 294 g/mol. The summed E-state index contributed by atoms with van der Waals surface area (Å²) >= 11 is 5.21. The van der Waals surface area contributed by atoms with Crippen LogP contribution < -0.4 is 0 Å². The van der Waals surface area contributed by atoms with Gasteiger partial charge in [0.15, 0.2) is 0 Å². The lowest BCUT2D eigenvalue weighted by atomic mass is 10.1. The molecular formula is C18H15NO2S. The number of para-hydroxylation sites is 1. The summed E-state index contributed by atoms with van der Waals surface area (Å²) in [5.41, 5.74) is 2.91. The molecule has 0 spiro atoms. The van der Waals surface area contributed by atoms with Gasteiger partial charge < -0.3 is 14.1 Å². The van der Waals surface area contributed by atoms with E-state index >= 15 is 0 Å². The minimum atomic E-state index is 0.559. The van der Waals surface area contributed by atoms with Crippen molar-refractivity contribution in [1.82, 2.24) is 4.90 Å². The SMILES string of the molecule is CCN1C/C(=C\c2ccc3oc4ccccc4c3c2)OC1=S. The minimum absolute atomic E-state index is 0.559. The van der Waals surface area contributed by atoms with Gasteiger partial charge in [-0.2, -0.15) is 0 Å². The molecule has 2 aromatic carbocycles. The lowest BCUT2D eigenvalue weighted by molar-refractivity contribution is 0.442. The number of furan rings is 1. The summed E-state index contributed by atoms with van der Waals surface area (Å²) in [7, 11) is 0. The van der Waals surface area contributed by atoms with Crippen LogP contribution in [0.15, 0.2) is 52.6 Å². The Morgan fingerprint density at radius 3 is 2.77 bits per heavy atom. The van der Waals surface area contributed by atoms with Gasteiger partial charge in [-0.3, -0.25) is 0 Å². The molecule has 22 heavy (non-hydrogen) atoms. The number of fused-ring (bicyclic) bond motifs is 3. The third-order valence-electron chi connectivity index (χ3n) is 3.93. The Kier molecular flexibility index (Phi) is 3.12. The molecule has 4 rings (SSSR count). The largest absolute Gasteiger partial charge is 0.456 e. The van der Waals surface area contributed by atoms with Gasteiger partial charge in [-0.15, -0.1) is 0 Å². The minimum Gasteiger partial charge on any atom is -0.456 e. The van der Waals surface area contributed by atoms with E-state index < -0.39 is 0 Å². The van der Waals surface area contributed by atoms with Crippen molar-refractivity contribution in [3.63, 3.8) is 0 Å². The fourth-order valence-corrected chi connectivity index (χ4v) is 3.10. The maximum Gasteiger partial charge on any atom is 0.264 e. The van der Waals surface area contributed by atoms with Crippen LogP contribution in [0.2, 0.25) is 0 Å². The first-order valence-corrected chi connectivity index (χ1v) is 7.74. The molecule has 0 atom stereocenters. The zero-order valence-corrected chi connectivity index (χ0v) is 13.0. The average molecular weight is 309 g/mol. The highest BCUT2D eigenvalue weighted by Crippen LogP contribution is 2.30. The molecule has 1 aliphatic heterocycles. The van der Waals surface area contributed by atoms with Gasteiger partial charge in [-0.1, -0.05) is 24.3 Å². The maximum absolute atomic E-state index is 5.85. The number of thiocarbonyl (C=S) groups is 1. The molecule has 3 nitrogen and oxygen atoms in total. The number of hydrogen-bond acceptors (Lipinski definition) is 3. The quantitative estimate of drug-likeness (QED) is 0.648. The molecule has 0 N–H and O–H groups in total. The van der Waals surface area contributed by atoms with Crippen molar-refractivity contribution in [1.29, 1.82) is 0 Å². The highest BCUT2D eigenvalue weighted by atomic mass is 32.1. The van der Waals surface area contributed by atoms with Crippen molar-refractivity contribution in [2.24, 2.45) is 0 Å². The lowest BCUT2D eigenvalue weighted by Gasteiger charge is -2.08. The Morgan fingerprint density at radius 1 is 1.14 bits per heavy atom. The molecule has 0 saturated carbocycles. The van der Waals surface area contributed by atoms with Crippen molar-refractivity contribution < 1.29 is 9.15 Å². The number of likely N-dealkylation sites (N-methyl/N-ethyl adjacent to an activating group) is 1. The van der Waals surface area contributed by atoms with Crippen molar-refractivity contribution >= 4 is 45.4 Å². The normalized spacial score (nSPS) is 16.9. The molecule has 1 aromatic heterocycles. The summed E-state index contributed by atoms with van der Waals surface area (Å²) in [5.74, 6) is 0.888. The number of ether oxygens (including phenoxy) is 1. The molecule has 1 saturated heterocycles. The summed E-state index contributed by atoms with van der Waals surface area (Å²) in [6.45, 7) is 3.67. The molecule has 2 heterocycles. The second-order valence-corrected chi connectivity index (χ2v) is 5.70. The van der Waals surface area contributed by atoms with Crippen LogP contribution in [0.4, 0.5) is 0 Å². The van der Waals surface area contributed by atoms with E-state index in [1.807, 2.05) is 41.3 Å². The molecule has 0 amide bonds. The third kappa shape index (κ3) is 2.16. The summed E-state index contributed by atoms with van der Waals surface area (Å²) in [6, 6.07) is 14.3. The number of hydrogen-bond donors (Lipinski definition) is 0. The predicted octanol–water partition coefficient (Wildman–Crippen LogP) is 4.56. The van der Waals surface area contributed by atoms with E-state index in [4.69, 9.17) is 21.4 Å². The Labute approximate surface area is 133 Å². The van der Waals surface area contributed by atoms with Crippen LogP contribution in [0.3, 0.4) is 0 Å². The Balaban J connectivity index is 1.77. The zero-order chi connectivity index (χ0) is 15.1. The first-order chi connectivity index (χ1) is 10.7. The Morgan fingerprint density at radius 2 is 1.95 bits per heavy atom. The van der Waals surface area contributed by atoms with E-state index in [1.165, 1.54) is 0 Å². The van der Waals surface area contributed by atoms with E-state index in [0.29, 0.717) is 5.17 Å². The van der Waals surface area contributed by atoms with Crippen LogP contribution in [-0.2, 0) is 4.74 Å². The monoisotopic (exact) mass is 309 g/mol. The van der Waals surface area contributed by atoms with Gasteiger partial charge in [-0.25, -0.2) is 0 Å². The van der Waals surface area contributed by atoms with Crippen molar-refractivity contribution in [3.05, 3.63) is 53.8 Å². The predicted molar refractivity (Wildman–Crippen MR) is 92.6 cm³/mol. The molecule has 4 heteroatoms. The summed E-state index contributed by atoms with van der Waals surface area (Å²) in [6.07, 6.45) is 2.04. The van der Waals surface area contributed by atoms with Gasteiger partial charge in [0, 0.05) is 17.3 Å². The van der Waals surface area contributed by atoms with Crippen molar-refractivity contribution in [3.8, 4) is 0 Å². The Hall–Kier alpha value is -2.33. The molecule has 0 bridgehead atoms. The topological polar surface area (TPSA) is 25.6 Å². The Bertz CT molecular complexity index is 910. The molecule has 0 aliphatic carbocycles. The number of benzene rings is 2. The highest BCUT2D eigenvalue weighted by Gasteiger charge is 2.21. The molecule has 0 radical (unpaired) electrons. The van der Waals surface area contributed by atoms with Crippen LogP contribution in [0.1, 0.15) is 12.5 Å². The van der Waals surface area contributed by atoms with Crippen LogP contribution in [0, 0.1) is 0 Å². The zero-order valence-electron chi connectivity index (χ0n) is 12.2. The number of nitrogens with zero attached hydrogens (tertiary/aromatic N) is 1. The fourth-order valence-electron chi connectivity index (χ4n) is 2.80. The van der Waals surface area contributed by atoms with Crippen LogP contribution in [0.25, 0.3) is 28.0 Å². The standard InChI is InChI=1S/C18H15NO2S/c1-2-19-11-13(20-18(19)22)9-12-7-8-17-15(10-12)14-5-3-4-6-16(14)21-17/h3-10H,2,11H2,1H3/b13-9+. The second-order valence-electron chi connectivity index (χ2n) is 5.35. The second kappa shape index (κ2) is 5.14. The highest BCUT2D eigenvalue weighted by molar-refractivity contribution is 7.80. The van der Waals surface area contributed by atoms with Crippen molar-refractivity contribution in [2.45, 2.75) is 6.92 Å². The van der Waals surface area contributed by atoms with E-state index in [0.717, 1.165) is 46.4 Å². The van der Waals surface area contributed by atoms with Gasteiger partial charge >= 0.3 is 0 Å². The fraction of sp³-hybridized carbons (Fsp3) is 0.167.